The molecule has 0 radical (unpaired) electrons. The van der Waals surface area contributed by atoms with Crippen LogP contribution in [0.25, 0.3) is 17.0 Å². The first-order valence-electron chi connectivity index (χ1n) is 7.72. The van der Waals surface area contributed by atoms with E-state index in [1.165, 1.54) is 6.08 Å². The lowest BCUT2D eigenvalue weighted by Gasteiger charge is -2.29. The Bertz CT molecular complexity index is 768. The fourth-order valence-electron chi connectivity index (χ4n) is 2.78. The van der Waals surface area contributed by atoms with E-state index in [1.54, 1.807) is 6.08 Å². The number of amides is 1. The van der Waals surface area contributed by atoms with Gasteiger partial charge in [-0.15, -0.1) is 0 Å². The maximum atomic E-state index is 12.2. The van der Waals surface area contributed by atoms with E-state index in [4.69, 9.17) is 0 Å². The second kappa shape index (κ2) is 6.18. The van der Waals surface area contributed by atoms with Crippen molar-refractivity contribution in [3.63, 3.8) is 0 Å². The van der Waals surface area contributed by atoms with E-state index in [2.05, 4.69) is 11.9 Å². The third kappa shape index (κ3) is 3.11. The molecule has 1 N–H and O–H groups in total. The highest BCUT2D eigenvalue weighted by atomic mass is 16.2. The van der Waals surface area contributed by atoms with Crippen LogP contribution < -0.4 is 5.56 Å². The van der Waals surface area contributed by atoms with E-state index in [0.29, 0.717) is 11.5 Å². The highest BCUT2D eigenvalue weighted by Gasteiger charge is 2.18. The van der Waals surface area contributed by atoms with Crippen molar-refractivity contribution in [2.45, 2.75) is 19.8 Å². The van der Waals surface area contributed by atoms with Gasteiger partial charge in [-0.25, -0.2) is 0 Å². The molecule has 1 amide bonds. The minimum absolute atomic E-state index is 0.0144. The van der Waals surface area contributed by atoms with E-state index in [0.717, 1.165) is 36.8 Å². The van der Waals surface area contributed by atoms with Crippen molar-refractivity contribution in [2.24, 2.45) is 5.92 Å². The standard InChI is InChI=1S/C18H20N2O2/c1-13-8-10-20(11-9-13)17(21)7-6-15-12-14-4-2-3-5-16(14)19-18(15)22/h2-7,12-13H,8-11H2,1H3,(H,19,22)/b7-6+. The third-order valence-electron chi connectivity index (χ3n) is 4.28. The quantitative estimate of drug-likeness (QED) is 0.866. The van der Waals surface area contributed by atoms with Gasteiger partial charge in [-0.1, -0.05) is 25.1 Å². The van der Waals surface area contributed by atoms with Crippen molar-refractivity contribution in [3.8, 4) is 0 Å². The number of likely N-dealkylation sites (tertiary alicyclic amines) is 1. The van der Waals surface area contributed by atoms with Crippen LogP contribution in [0.3, 0.4) is 0 Å². The van der Waals surface area contributed by atoms with E-state index >= 15 is 0 Å². The molecule has 1 aromatic heterocycles. The summed E-state index contributed by atoms with van der Waals surface area (Å²) in [4.78, 5) is 28.9. The maximum Gasteiger partial charge on any atom is 0.255 e. The van der Waals surface area contributed by atoms with Crippen LogP contribution in [-0.4, -0.2) is 28.9 Å². The van der Waals surface area contributed by atoms with E-state index in [-0.39, 0.29) is 11.5 Å². The van der Waals surface area contributed by atoms with E-state index < -0.39 is 0 Å². The minimum Gasteiger partial charge on any atom is -0.339 e. The number of H-pyrrole nitrogens is 1. The maximum absolute atomic E-state index is 12.2. The SMILES string of the molecule is CC1CCN(C(=O)/C=C/c2cc3ccccc3[nH]c2=O)CC1. The summed E-state index contributed by atoms with van der Waals surface area (Å²) in [7, 11) is 0. The minimum atomic E-state index is -0.171. The Labute approximate surface area is 129 Å². The van der Waals surface area contributed by atoms with Crippen LogP contribution in [0, 0.1) is 5.92 Å². The molecule has 3 rings (SSSR count). The molecule has 0 atom stereocenters. The average molecular weight is 296 g/mol. The molecule has 1 aromatic carbocycles. The molecule has 114 valence electrons. The van der Waals surface area contributed by atoms with Gasteiger partial charge in [0.25, 0.3) is 5.56 Å². The van der Waals surface area contributed by atoms with Crippen molar-refractivity contribution < 1.29 is 4.79 Å². The Hall–Kier alpha value is -2.36. The smallest absolute Gasteiger partial charge is 0.255 e. The van der Waals surface area contributed by atoms with Gasteiger partial charge in [0.1, 0.15) is 0 Å². The topological polar surface area (TPSA) is 53.2 Å². The Kier molecular flexibility index (Phi) is 4.09. The first kappa shape index (κ1) is 14.6. The van der Waals surface area contributed by atoms with Gasteiger partial charge >= 0.3 is 0 Å². The van der Waals surface area contributed by atoms with Gasteiger partial charge in [-0.2, -0.15) is 0 Å². The number of rotatable bonds is 2. The summed E-state index contributed by atoms with van der Waals surface area (Å²) in [5, 5.41) is 0.959. The number of aromatic amines is 1. The van der Waals surface area contributed by atoms with Crippen LogP contribution in [0.2, 0.25) is 0 Å². The molecular weight excluding hydrogens is 276 g/mol. The van der Waals surface area contributed by atoms with Gasteiger partial charge in [0.15, 0.2) is 0 Å². The number of aromatic nitrogens is 1. The molecule has 0 aliphatic carbocycles. The van der Waals surface area contributed by atoms with Crippen molar-refractivity contribution in [2.75, 3.05) is 13.1 Å². The highest BCUT2D eigenvalue weighted by molar-refractivity contribution is 5.92. The number of carbonyl (C=O) groups is 1. The number of carbonyl (C=O) groups excluding carboxylic acids is 1. The zero-order chi connectivity index (χ0) is 15.5. The fraction of sp³-hybridized carbons (Fsp3) is 0.333. The monoisotopic (exact) mass is 296 g/mol. The molecule has 0 unspecified atom stereocenters. The molecule has 1 aliphatic heterocycles. The van der Waals surface area contributed by atoms with Gasteiger partial charge < -0.3 is 9.88 Å². The number of pyridine rings is 1. The molecule has 2 heterocycles. The van der Waals surface area contributed by atoms with Crippen molar-refractivity contribution in [3.05, 3.63) is 52.3 Å². The number of fused-ring (bicyclic) bond motifs is 1. The van der Waals surface area contributed by atoms with Gasteiger partial charge in [0.2, 0.25) is 5.91 Å². The summed E-state index contributed by atoms with van der Waals surface area (Å²) >= 11 is 0. The molecule has 4 heteroatoms. The Morgan fingerprint density at radius 1 is 1.27 bits per heavy atom. The van der Waals surface area contributed by atoms with Gasteiger partial charge in [0.05, 0.1) is 0 Å². The molecule has 1 saturated heterocycles. The molecule has 2 aromatic rings. The van der Waals surface area contributed by atoms with Crippen molar-refractivity contribution in [1.29, 1.82) is 0 Å². The number of hydrogen-bond donors (Lipinski definition) is 1. The summed E-state index contributed by atoms with van der Waals surface area (Å²) in [6.45, 7) is 3.82. The Morgan fingerprint density at radius 3 is 2.77 bits per heavy atom. The zero-order valence-corrected chi connectivity index (χ0v) is 12.7. The molecule has 22 heavy (non-hydrogen) atoms. The number of benzene rings is 1. The van der Waals surface area contributed by atoms with Crippen molar-refractivity contribution in [1.82, 2.24) is 9.88 Å². The zero-order valence-electron chi connectivity index (χ0n) is 12.7. The van der Waals surface area contributed by atoms with Crippen LogP contribution in [0.15, 0.2) is 41.2 Å². The molecule has 0 spiro atoms. The lowest BCUT2D eigenvalue weighted by atomic mass is 9.99. The summed E-state index contributed by atoms with van der Waals surface area (Å²) in [5.41, 5.74) is 1.15. The average Bonchev–Trinajstić information content (AvgIpc) is 2.53. The van der Waals surface area contributed by atoms with Gasteiger partial charge in [-0.05, 0) is 42.4 Å². The predicted molar refractivity (Wildman–Crippen MR) is 88.6 cm³/mol. The number of nitrogens with zero attached hydrogens (tertiary/aromatic N) is 1. The molecule has 1 aliphatic rings. The third-order valence-corrected chi connectivity index (χ3v) is 4.28. The second-order valence-corrected chi connectivity index (χ2v) is 5.98. The van der Waals surface area contributed by atoms with E-state index in [9.17, 15) is 9.59 Å². The second-order valence-electron chi connectivity index (χ2n) is 5.98. The van der Waals surface area contributed by atoms with Crippen LogP contribution in [0.5, 0.6) is 0 Å². The Balaban J connectivity index is 1.79. The summed E-state index contributed by atoms with van der Waals surface area (Å²) in [6, 6.07) is 9.43. The summed E-state index contributed by atoms with van der Waals surface area (Å²) in [6.07, 6.45) is 5.23. The normalized spacial score (nSPS) is 16.5. The predicted octanol–water partition coefficient (Wildman–Crippen LogP) is 2.80. The number of hydrogen-bond acceptors (Lipinski definition) is 2. The molecule has 1 fully saturated rings. The molecule has 0 bridgehead atoms. The van der Waals surface area contributed by atoms with Gasteiger partial charge in [0, 0.05) is 30.2 Å². The molecule has 4 nitrogen and oxygen atoms in total. The first-order chi connectivity index (χ1) is 10.6. The lowest BCUT2D eigenvalue weighted by molar-refractivity contribution is -0.127. The lowest BCUT2D eigenvalue weighted by Crippen LogP contribution is -2.36. The van der Waals surface area contributed by atoms with E-state index in [1.807, 2.05) is 35.2 Å². The Morgan fingerprint density at radius 2 is 2.00 bits per heavy atom. The number of piperidine rings is 1. The fourth-order valence-corrected chi connectivity index (χ4v) is 2.78. The van der Waals surface area contributed by atoms with Crippen LogP contribution >= 0.6 is 0 Å². The van der Waals surface area contributed by atoms with Crippen molar-refractivity contribution >= 4 is 22.9 Å². The van der Waals surface area contributed by atoms with Crippen LogP contribution in [0.1, 0.15) is 25.3 Å². The van der Waals surface area contributed by atoms with Gasteiger partial charge in [-0.3, -0.25) is 9.59 Å². The largest absolute Gasteiger partial charge is 0.339 e. The van der Waals surface area contributed by atoms with Crippen LogP contribution in [0.4, 0.5) is 0 Å². The number of nitrogens with one attached hydrogen (secondary N) is 1. The summed E-state index contributed by atoms with van der Waals surface area (Å²) in [5.74, 6) is 0.677. The molecule has 0 saturated carbocycles. The number of para-hydroxylation sites is 1. The van der Waals surface area contributed by atoms with Crippen LogP contribution in [-0.2, 0) is 4.79 Å². The highest BCUT2D eigenvalue weighted by Crippen LogP contribution is 2.16. The molecular formula is C18H20N2O2. The first-order valence-corrected chi connectivity index (χ1v) is 7.72. The summed E-state index contributed by atoms with van der Waals surface area (Å²) < 4.78 is 0.